The summed E-state index contributed by atoms with van der Waals surface area (Å²) < 4.78 is 5.68. The molecule has 0 aromatic rings. The molecule has 0 spiro atoms. The third-order valence-corrected chi connectivity index (χ3v) is 3.87. The molecule has 1 aliphatic rings. The maximum atomic E-state index is 11.5. The molecule has 4 atom stereocenters. The Balaban J connectivity index is 2.78. The maximum absolute atomic E-state index is 11.5. The van der Waals surface area contributed by atoms with Crippen LogP contribution in [0.15, 0.2) is 0 Å². The van der Waals surface area contributed by atoms with E-state index >= 15 is 0 Å². The Hall–Kier alpha value is -0.610. The van der Waals surface area contributed by atoms with Gasteiger partial charge in [0.25, 0.3) is 0 Å². The molecule has 1 rings (SSSR count). The molecule has 0 bridgehead atoms. The Morgan fingerprint density at radius 3 is 2.65 bits per heavy atom. The van der Waals surface area contributed by atoms with Crippen LogP contribution in [0.3, 0.4) is 0 Å². The van der Waals surface area contributed by atoms with Gasteiger partial charge >= 0.3 is 5.97 Å². The molecule has 4 heteroatoms. The molecule has 0 radical (unpaired) electrons. The minimum absolute atomic E-state index is 0.418. The van der Waals surface area contributed by atoms with Crippen LogP contribution in [-0.2, 0) is 9.53 Å². The predicted octanol–water partition coefficient (Wildman–Crippen LogP) is 2.20. The van der Waals surface area contributed by atoms with Gasteiger partial charge in [-0.3, -0.25) is 0 Å². The average molecular weight is 244 g/mol. The lowest BCUT2D eigenvalue weighted by molar-refractivity contribution is -0.189. The first-order valence-electron chi connectivity index (χ1n) is 6.50. The number of ether oxygens (including phenoxy) is 1. The highest BCUT2D eigenvalue weighted by Crippen LogP contribution is 2.38. The molecule has 1 fully saturated rings. The number of carboxylic acids is 1. The Bertz CT molecular complexity index is 264. The normalized spacial score (nSPS) is 33.1. The largest absolute Gasteiger partial charge is 0.479 e. The number of carboxylic acid groups (broad SMARTS) is 1. The van der Waals surface area contributed by atoms with Crippen LogP contribution >= 0.6 is 0 Å². The molecule has 1 aliphatic carbocycles. The van der Waals surface area contributed by atoms with Crippen LogP contribution in [0, 0.1) is 5.92 Å². The quantitative estimate of drug-likeness (QED) is 0.778. The molecule has 0 aromatic heterocycles. The van der Waals surface area contributed by atoms with E-state index in [9.17, 15) is 15.0 Å². The van der Waals surface area contributed by atoms with Gasteiger partial charge in [-0.2, -0.15) is 0 Å². The molecule has 0 saturated heterocycles. The van der Waals surface area contributed by atoms with Gasteiger partial charge in [-0.1, -0.05) is 19.8 Å². The second kappa shape index (κ2) is 5.83. The first-order valence-corrected chi connectivity index (χ1v) is 6.50. The fourth-order valence-electron chi connectivity index (χ4n) is 2.50. The minimum Gasteiger partial charge on any atom is -0.479 e. The molecular weight excluding hydrogens is 220 g/mol. The summed E-state index contributed by atoms with van der Waals surface area (Å²) in [6.07, 6.45) is 2.98. The van der Waals surface area contributed by atoms with E-state index in [-0.39, 0.29) is 0 Å². The molecule has 17 heavy (non-hydrogen) atoms. The van der Waals surface area contributed by atoms with Crippen molar-refractivity contribution < 1.29 is 19.7 Å². The van der Waals surface area contributed by atoms with Gasteiger partial charge in [-0.25, -0.2) is 4.79 Å². The Labute approximate surface area is 103 Å². The Morgan fingerprint density at radius 1 is 1.53 bits per heavy atom. The van der Waals surface area contributed by atoms with E-state index in [4.69, 9.17) is 4.74 Å². The van der Waals surface area contributed by atoms with Crippen LogP contribution in [0.4, 0.5) is 0 Å². The fourth-order valence-corrected chi connectivity index (χ4v) is 2.50. The Kier molecular flexibility index (Phi) is 4.95. The van der Waals surface area contributed by atoms with E-state index in [0.717, 1.165) is 19.3 Å². The van der Waals surface area contributed by atoms with Gasteiger partial charge < -0.3 is 14.9 Å². The molecule has 1 saturated carbocycles. The summed E-state index contributed by atoms with van der Waals surface area (Å²) in [5.41, 5.74) is -1.09. The number of hydrogen-bond donors (Lipinski definition) is 2. The standard InChI is InChI=1S/C13H24O4/c1-4-11-6-5-7-13(8-11,12(15)16)17-10(3)9(2)14/h9-11,14H,4-8H2,1-3H3,(H,15,16). The topological polar surface area (TPSA) is 66.8 Å². The molecule has 4 nitrogen and oxygen atoms in total. The second-order valence-electron chi connectivity index (χ2n) is 5.23. The lowest BCUT2D eigenvalue weighted by Crippen LogP contribution is -2.49. The number of carbonyl (C=O) groups is 1. The SMILES string of the molecule is CCC1CCCC(OC(C)C(C)O)(C(=O)O)C1. The van der Waals surface area contributed by atoms with Crippen molar-refractivity contribution in [1.29, 1.82) is 0 Å². The van der Waals surface area contributed by atoms with E-state index < -0.39 is 23.8 Å². The lowest BCUT2D eigenvalue weighted by atomic mass is 9.76. The molecule has 0 amide bonds. The second-order valence-corrected chi connectivity index (χ2v) is 5.23. The van der Waals surface area contributed by atoms with Crippen LogP contribution in [0.25, 0.3) is 0 Å². The smallest absolute Gasteiger partial charge is 0.335 e. The average Bonchev–Trinajstić information content (AvgIpc) is 2.28. The van der Waals surface area contributed by atoms with Crippen molar-refractivity contribution in [2.45, 2.75) is 70.7 Å². The van der Waals surface area contributed by atoms with Crippen LogP contribution < -0.4 is 0 Å². The van der Waals surface area contributed by atoms with Gasteiger partial charge in [0.15, 0.2) is 5.60 Å². The summed E-state index contributed by atoms with van der Waals surface area (Å²) in [7, 11) is 0. The van der Waals surface area contributed by atoms with Crippen molar-refractivity contribution in [3.8, 4) is 0 Å². The molecule has 100 valence electrons. The van der Waals surface area contributed by atoms with E-state index in [2.05, 4.69) is 6.92 Å². The number of aliphatic carboxylic acids is 1. The van der Waals surface area contributed by atoms with E-state index in [1.165, 1.54) is 0 Å². The first kappa shape index (κ1) is 14.5. The van der Waals surface area contributed by atoms with Crippen molar-refractivity contribution >= 4 is 5.97 Å². The number of rotatable bonds is 5. The highest BCUT2D eigenvalue weighted by molar-refractivity contribution is 5.77. The summed E-state index contributed by atoms with van der Waals surface area (Å²) in [5.74, 6) is -0.468. The molecule has 0 aliphatic heterocycles. The van der Waals surface area contributed by atoms with Crippen LogP contribution in [0.1, 0.15) is 52.9 Å². The molecule has 0 aromatic carbocycles. The van der Waals surface area contributed by atoms with Crippen molar-refractivity contribution in [3.05, 3.63) is 0 Å². The van der Waals surface area contributed by atoms with E-state index in [1.54, 1.807) is 13.8 Å². The molecular formula is C13H24O4. The van der Waals surface area contributed by atoms with Crippen LogP contribution in [0.2, 0.25) is 0 Å². The van der Waals surface area contributed by atoms with Crippen molar-refractivity contribution in [2.75, 3.05) is 0 Å². The summed E-state index contributed by atoms with van der Waals surface area (Å²) in [6.45, 7) is 5.44. The van der Waals surface area contributed by atoms with Crippen LogP contribution in [0.5, 0.6) is 0 Å². The third kappa shape index (κ3) is 3.42. The summed E-state index contributed by atoms with van der Waals surface area (Å²) >= 11 is 0. The van der Waals surface area contributed by atoms with Gasteiger partial charge in [0.05, 0.1) is 12.2 Å². The van der Waals surface area contributed by atoms with Crippen LogP contribution in [-0.4, -0.2) is 34.0 Å². The number of aliphatic hydroxyl groups excluding tert-OH is 1. The molecule has 4 unspecified atom stereocenters. The zero-order valence-electron chi connectivity index (χ0n) is 11.0. The summed E-state index contributed by atoms with van der Waals surface area (Å²) in [5, 5.41) is 18.9. The monoisotopic (exact) mass is 244 g/mol. The molecule has 2 N–H and O–H groups in total. The van der Waals surface area contributed by atoms with Gasteiger partial charge in [-0.15, -0.1) is 0 Å². The number of aliphatic hydroxyl groups is 1. The van der Waals surface area contributed by atoms with Gasteiger partial charge in [-0.05, 0) is 39.0 Å². The zero-order chi connectivity index (χ0) is 13.1. The summed E-state index contributed by atoms with van der Waals surface area (Å²) in [6, 6.07) is 0. The van der Waals surface area contributed by atoms with Gasteiger partial charge in [0.2, 0.25) is 0 Å². The van der Waals surface area contributed by atoms with Crippen molar-refractivity contribution in [2.24, 2.45) is 5.92 Å². The third-order valence-electron chi connectivity index (χ3n) is 3.87. The number of hydrogen-bond acceptors (Lipinski definition) is 3. The van der Waals surface area contributed by atoms with Crippen molar-refractivity contribution in [1.82, 2.24) is 0 Å². The minimum atomic E-state index is -1.09. The lowest BCUT2D eigenvalue weighted by Gasteiger charge is -2.39. The zero-order valence-corrected chi connectivity index (χ0v) is 11.0. The van der Waals surface area contributed by atoms with E-state index in [0.29, 0.717) is 18.8 Å². The maximum Gasteiger partial charge on any atom is 0.335 e. The first-order chi connectivity index (χ1) is 7.91. The van der Waals surface area contributed by atoms with E-state index in [1.807, 2.05) is 0 Å². The Morgan fingerprint density at radius 2 is 2.18 bits per heavy atom. The van der Waals surface area contributed by atoms with Gasteiger partial charge in [0, 0.05) is 0 Å². The van der Waals surface area contributed by atoms with Gasteiger partial charge in [0.1, 0.15) is 0 Å². The highest BCUT2D eigenvalue weighted by atomic mass is 16.5. The molecule has 0 heterocycles. The highest BCUT2D eigenvalue weighted by Gasteiger charge is 2.45. The fraction of sp³-hybridized carbons (Fsp3) is 0.923. The van der Waals surface area contributed by atoms with Crippen molar-refractivity contribution in [3.63, 3.8) is 0 Å². The predicted molar refractivity (Wildman–Crippen MR) is 64.8 cm³/mol. The summed E-state index contributed by atoms with van der Waals surface area (Å²) in [4.78, 5) is 11.5.